The Morgan fingerprint density at radius 3 is 2.93 bits per heavy atom. The zero-order chi connectivity index (χ0) is 10.4. The molecule has 0 bridgehead atoms. The molecule has 0 aliphatic carbocycles. The van der Waals surface area contributed by atoms with Gasteiger partial charge in [-0.25, -0.2) is 0 Å². The minimum absolute atomic E-state index is 0.0772. The van der Waals surface area contributed by atoms with Gasteiger partial charge in [-0.1, -0.05) is 0 Å². The summed E-state index contributed by atoms with van der Waals surface area (Å²) in [5.74, 6) is 2.62. The highest BCUT2D eigenvalue weighted by Gasteiger charge is 2.02. The number of nitrogens with one attached hydrogen (secondary N) is 1. The molecule has 1 N–H and O–H groups in total. The van der Waals surface area contributed by atoms with Gasteiger partial charge >= 0.3 is 0 Å². The van der Waals surface area contributed by atoms with Crippen LogP contribution in [0.2, 0.25) is 0 Å². The van der Waals surface area contributed by atoms with E-state index in [0.717, 1.165) is 17.3 Å². The van der Waals surface area contributed by atoms with E-state index < -0.39 is 0 Å². The fourth-order valence-corrected chi connectivity index (χ4v) is 1.44. The molecule has 1 aromatic rings. The van der Waals surface area contributed by atoms with Crippen LogP contribution >= 0.6 is 11.8 Å². The van der Waals surface area contributed by atoms with Crippen LogP contribution in [0.1, 0.15) is 17.9 Å². The first-order valence-electron chi connectivity index (χ1n) is 4.53. The normalized spacial score (nSPS) is 10.1. The van der Waals surface area contributed by atoms with Gasteiger partial charge in [0.25, 0.3) is 0 Å². The van der Waals surface area contributed by atoms with Crippen LogP contribution in [0.15, 0.2) is 16.5 Å². The monoisotopic (exact) mass is 213 g/mol. The van der Waals surface area contributed by atoms with Gasteiger partial charge in [-0.3, -0.25) is 4.79 Å². The second-order valence-corrected chi connectivity index (χ2v) is 4.02. The lowest BCUT2D eigenvalue weighted by molar-refractivity contribution is -0.120. The van der Waals surface area contributed by atoms with Gasteiger partial charge in [0.15, 0.2) is 0 Å². The summed E-state index contributed by atoms with van der Waals surface area (Å²) in [6, 6.07) is 3.77. The standard InChI is InChI=1S/C10H15NO2S/c1-8-3-4-9(13-8)7-11-10(12)5-6-14-2/h3-4H,5-7H2,1-2H3,(H,11,12). The molecule has 1 amide bonds. The average Bonchev–Trinajstić information content (AvgIpc) is 2.58. The van der Waals surface area contributed by atoms with Crippen LogP contribution in [0.5, 0.6) is 0 Å². The summed E-state index contributed by atoms with van der Waals surface area (Å²) in [5.41, 5.74) is 0. The Bertz CT molecular complexity index is 296. The summed E-state index contributed by atoms with van der Waals surface area (Å²) in [5, 5.41) is 2.80. The summed E-state index contributed by atoms with van der Waals surface area (Å²) in [6.45, 7) is 2.38. The number of thioether (sulfide) groups is 1. The molecule has 14 heavy (non-hydrogen) atoms. The smallest absolute Gasteiger partial charge is 0.221 e. The lowest BCUT2D eigenvalue weighted by Gasteiger charge is -2.01. The van der Waals surface area contributed by atoms with E-state index in [4.69, 9.17) is 4.42 Å². The summed E-state index contributed by atoms with van der Waals surface area (Å²) < 4.78 is 5.32. The minimum Gasteiger partial charge on any atom is -0.465 e. The molecule has 1 heterocycles. The third-order valence-corrected chi connectivity index (χ3v) is 2.40. The minimum atomic E-state index is 0.0772. The van der Waals surface area contributed by atoms with Crippen LogP contribution in [0, 0.1) is 6.92 Å². The van der Waals surface area contributed by atoms with E-state index in [9.17, 15) is 4.79 Å². The maximum absolute atomic E-state index is 11.2. The molecule has 0 aromatic carbocycles. The average molecular weight is 213 g/mol. The van der Waals surface area contributed by atoms with Crippen molar-refractivity contribution in [3.05, 3.63) is 23.7 Å². The SMILES string of the molecule is CSCCC(=O)NCc1ccc(C)o1. The number of rotatable bonds is 5. The predicted octanol–water partition coefficient (Wildman–Crippen LogP) is 1.96. The van der Waals surface area contributed by atoms with E-state index in [-0.39, 0.29) is 5.91 Å². The molecule has 0 fully saturated rings. The molecular formula is C10H15NO2S. The summed E-state index contributed by atoms with van der Waals surface area (Å²) in [4.78, 5) is 11.2. The van der Waals surface area contributed by atoms with Crippen molar-refractivity contribution in [1.82, 2.24) is 5.32 Å². The number of hydrogen-bond donors (Lipinski definition) is 1. The Morgan fingerprint density at radius 1 is 1.57 bits per heavy atom. The van der Waals surface area contributed by atoms with Crippen molar-refractivity contribution in [2.24, 2.45) is 0 Å². The van der Waals surface area contributed by atoms with Gasteiger partial charge in [-0.05, 0) is 25.3 Å². The van der Waals surface area contributed by atoms with Crippen LogP contribution in [0.4, 0.5) is 0 Å². The number of amides is 1. The molecule has 0 spiro atoms. The van der Waals surface area contributed by atoms with Crippen molar-refractivity contribution in [2.45, 2.75) is 19.9 Å². The van der Waals surface area contributed by atoms with E-state index in [1.807, 2.05) is 25.3 Å². The molecule has 1 rings (SSSR count). The zero-order valence-corrected chi connectivity index (χ0v) is 9.32. The topological polar surface area (TPSA) is 42.2 Å². The third kappa shape index (κ3) is 3.87. The molecule has 0 saturated heterocycles. The molecule has 0 radical (unpaired) electrons. The molecule has 0 atom stereocenters. The van der Waals surface area contributed by atoms with Crippen molar-refractivity contribution in [3.63, 3.8) is 0 Å². The van der Waals surface area contributed by atoms with Gasteiger partial charge in [0.2, 0.25) is 5.91 Å². The molecule has 4 heteroatoms. The van der Waals surface area contributed by atoms with Crippen LogP contribution in [0.25, 0.3) is 0 Å². The van der Waals surface area contributed by atoms with Crippen molar-refractivity contribution >= 4 is 17.7 Å². The van der Waals surface area contributed by atoms with Crippen LogP contribution in [-0.4, -0.2) is 17.9 Å². The van der Waals surface area contributed by atoms with Gasteiger partial charge < -0.3 is 9.73 Å². The van der Waals surface area contributed by atoms with Gasteiger partial charge in [-0.2, -0.15) is 11.8 Å². The summed E-state index contributed by atoms with van der Waals surface area (Å²) >= 11 is 1.67. The highest BCUT2D eigenvalue weighted by molar-refractivity contribution is 7.98. The number of hydrogen-bond acceptors (Lipinski definition) is 3. The molecule has 1 aromatic heterocycles. The van der Waals surface area contributed by atoms with Crippen LogP contribution in [-0.2, 0) is 11.3 Å². The Balaban J connectivity index is 2.23. The lowest BCUT2D eigenvalue weighted by atomic mass is 10.4. The van der Waals surface area contributed by atoms with E-state index in [1.54, 1.807) is 11.8 Å². The van der Waals surface area contributed by atoms with Gasteiger partial charge in [0.1, 0.15) is 11.5 Å². The maximum atomic E-state index is 11.2. The molecule has 78 valence electrons. The highest BCUT2D eigenvalue weighted by Crippen LogP contribution is 2.05. The number of furan rings is 1. The van der Waals surface area contributed by atoms with Crippen molar-refractivity contribution < 1.29 is 9.21 Å². The summed E-state index contributed by atoms with van der Waals surface area (Å²) in [6.07, 6.45) is 2.56. The largest absolute Gasteiger partial charge is 0.465 e. The maximum Gasteiger partial charge on any atom is 0.221 e. The first-order chi connectivity index (χ1) is 6.72. The third-order valence-electron chi connectivity index (χ3n) is 1.79. The van der Waals surface area contributed by atoms with Crippen molar-refractivity contribution in [3.8, 4) is 0 Å². The molecule has 0 aliphatic rings. The molecule has 0 unspecified atom stereocenters. The molecule has 3 nitrogen and oxygen atoms in total. The van der Waals surface area contributed by atoms with Gasteiger partial charge in [0, 0.05) is 12.2 Å². The number of carbonyl (C=O) groups excluding carboxylic acids is 1. The Labute approximate surface area is 88.2 Å². The van der Waals surface area contributed by atoms with Crippen molar-refractivity contribution in [1.29, 1.82) is 0 Å². The second-order valence-electron chi connectivity index (χ2n) is 3.03. The fourth-order valence-electron chi connectivity index (χ4n) is 1.05. The molecular weight excluding hydrogens is 198 g/mol. The Kier molecular flexibility index (Phi) is 4.59. The van der Waals surface area contributed by atoms with Crippen LogP contribution < -0.4 is 5.32 Å². The quantitative estimate of drug-likeness (QED) is 0.813. The lowest BCUT2D eigenvalue weighted by Crippen LogP contribution is -2.22. The van der Waals surface area contributed by atoms with Crippen LogP contribution in [0.3, 0.4) is 0 Å². The van der Waals surface area contributed by atoms with Gasteiger partial charge in [-0.15, -0.1) is 0 Å². The zero-order valence-electron chi connectivity index (χ0n) is 8.50. The second kappa shape index (κ2) is 5.75. The van der Waals surface area contributed by atoms with E-state index in [1.165, 1.54) is 0 Å². The highest BCUT2D eigenvalue weighted by atomic mass is 32.2. The van der Waals surface area contributed by atoms with Crippen molar-refractivity contribution in [2.75, 3.05) is 12.0 Å². The van der Waals surface area contributed by atoms with E-state index in [2.05, 4.69) is 5.32 Å². The first-order valence-corrected chi connectivity index (χ1v) is 5.92. The number of carbonyl (C=O) groups is 1. The molecule has 0 saturated carbocycles. The van der Waals surface area contributed by atoms with Gasteiger partial charge in [0.05, 0.1) is 6.54 Å². The van der Waals surface area contributed by atoms with E-state index >= 15 is 0 Å². The fraction of sp³-hybridized carbons (Fsp3) is 0.500. The summed E-state index contributed by atoms with van der Waals surface area (Å²) in [7, 11) is 0. The molecule has 0 aliphatic heterocycles. The number of aryl methyl sites for hydroxylation is 1. The Morgan fingerprint density at radius 2 is 2.36 bits per heavy atom. The van der Waals surface area contributed by atoms with E-state index in [0.29, 0.717) is 13.0 Å². The first kappa shape index (κ1) is 11.2. The Hall–Kier alpha value is -0.900. The predicted molar refractivity (Wildman–Crippen MR) is 58.3 cm³/mol.